The van der Waals surface area contributed by atoms with Crippen molar-refractivity contribution in [2.24, 2.45) is 5.14 Å². The molecule has 0 amide bonds. The van der Waals surface area contributed by atoms with E-state index in [0.717, 1.165) is 37.3 Å². The highest BCUT2D eigenvalue weighted by atomic mass is 32.2. The van der Waals surface area contributed by atoms with Crippen LogP contribution in [-0.4, -0.2) is 50.5 Å². The fourth-order valence-corrected chi connectivity index (χ4v) is 3.81. The van der Waals surface area contributed by atoms with Crippen LogP contribution < -0.4 is 10.0 Å². The van der Waals surface area contributed by atoms with E-state index in [1.807, 2.05) is 18.2 Å². The third-order valence-electron chi connectivity index (χ3n) is 4.40. The van der Waals surface area contributed by atoms with Crippen LogP contribution in [0.2, 0.25) is 0 Å². The Labute approximate surface area is 137 Å². The van der Waals surface area contributed by atoms with Gasteiger partial charge in [0, 0.05) is 49.5 Å². The van der Waals surface area contributed by atoms with E-state index in [9.17, 15) is 8.42 Å². The van der Waals surface area contributed by atoms with Gasteiger partial charge in [0.05, 0.1) is 5.52 Å². The summed E-state index contributed by atoms with van der Waals surface area (Å²) < 4.78 is 23.5. The molecule has 0 saturated carbocycles. The maximum absolute atomic E-state index is 11.8. The number of hydrogen-bond acceptors (Lipinski definition) is 5. The third-order valence-corrected chi connectivity index (χ3v) is 5.34. The molecular weight excluding hydrogens is 312 g/mol. The van der Waals surface area contributed by atoms with Crippen LogP contribution in [-0.2, 0) is 10.0 Å². The molecule has 0 atom stereocenters. The van der Waals surface area contributed by atoms with Gasteiger partial charge in [-0.25, -0.2) is 13.6 Å². The molecule has 2 heterocycles. The topological polar surface area (TPSA) is 79.5 Å². The van der Waals surface area contributed by atoms with E-state index in [-0.39, 0.29) is 4.90 Å². The summed E-state index contributed by atoms with van der Waals surface area (Å²) in [5.41, 5.74) is 1.46. The van der Waals surface area contributed by atoms with Crippen molar-refractivity contribution in [3.05, 3.63) is 30.5 Å². The number of fused-ring (bicyclic) bond motifs is 1. The van der Waals surface area contributed by atoms with Crippen LogP contribution in [0.15, 0.2) is 35.4 Å². The van der Waals surface area contributed by atoms with Crippen LogP contribution in [0.25, 0.3) is 10.9 Å². The monoisotopic (exact) mass is 334 g/mol. The van der Waals surface area contributed by atoms with Gasteiger partial charge in [-0.3, -0.25) is 9.88 Å². The van der Waals surface area contributed by atoms with E-state index in [1.165, 1.54) is 0 Å². The first kappa shape index (κ1) is 16.2. The minimum Gasteiger partial charge on any atom is -0.368 e. The second-order valence-corrected chi connectivity index (χ2v) is 7.67. The van der Waals surface area contributed by atoms with Crippen LogP contribution >= 0.6 is 0 Å². The van der Waals surface area contributed by atoms with Crippen molar-refractivity contribution >= 4 is 26.6 Å². The lowest BCUT2D eigenvalue weighted by atomic mass is 10.1. The van der Waals surface area contributed by atoms with E-state index in [4.69, 9.17) is 5.14 Å². The molecule has 1 aromatic carbocycles. The van der Waals surface area contributed by atoms with E-state index in [2.05, 4.69) is 28.6 Å². The first-order chi connectivity index (χ1) is 10.9. The van der Waals surface area contributed by atoms with E-state index < -0.39 is 10.0 Å². The Morgan fingerprint density at radius 2 is 1.83 bits per heavy atom. The Kier molecular flexibility index (Phi) is 4.27. The van der Waals surface area contributed by atoms with Crippen molar-refractivity contribution in [3.63, 3.8) is 0 Å². The lowest BCUT2D eigenvalue weighted by Gasteiger charge is -2.38. The number of piperazine rings is 1. The maximum Gasteiger partial charge on any atom is 0.240 e. The Balaban J connectivity index is 2.01. The number of aromatic nitrogens is 1. The molecule has 7 heteroatoms. The Hall–Kier alpha value is -1.70. The molecule has 1 saturated heterocycles. The van der Waals surface area contributed by atoms with Crippen molar-refractivity contribution in [1.29, 1.82) is 0 Å². The quantitative estimate of drug-likeness (QED) is 0.918. The summed E-state index contributed by atoms with van der Waals surface area (Å²) in [6, 6.07) is 7.67. The van der Waals surface area contributed by atoms with Gasteiger partial charge in [-0.2, -0.15) is 0 Å². The standard InChI is InChI=1S/C16H22N4O2S/c1-12(2)19-8-10-20(11-9-19)14-5-6-15(23(17,21)22)16-13(14)4-3-7-18-16/h3-7,12H,8-11H2,1-2H3,(H2,17,21,22). The van der Waals surface area contributed by atoms with Crippen molar-refractivity contribution < 1.29 is 8.42 Å². The number of anilines is 1. The summed E-state index contributed by atoms with van der Waals surface area (Å²) in [5, 5.41) is 6.15. The van der Waals surface area contributed by atoms with E-state index >= 15 is 0 Å². The van der Waals surface area contributed by atoms with Crippen LogP contribution in [0, 0.1) is 0 Å². The van der Waals surface area contributed by atoms with Crippen LogP contribution in [0.5, 0.6) is 0 Å². The second kappa shape index (κ2) is 6.07. The van der Waals surface area contributed by atoms with Gasteiger partial charge in [-0.15, -0.1) is 0 Å². The zero-order chi connectivity index (χ0) is 16.6. The fourth-order valence-electron chi connectivity index (χ4n) is 3.12. The number of rotatable bonds is 3. The van der Waals surface area contributed by atoms with Gasteiger partial charge in [-0.05, 0) is 38.1 Å². The van der Waals surface area contributed by atoms with Crippen molar-refractivity contribution in [2.75, 3.05) is 31.1 Å². The Morgan fingerprint density at radius 1 is 1.13 bits per heavy atom. The van der Waals surface area contributed by atoms with Gasteiger partial charge in [0.15, 0.2) is 0 Å². The minimum absolute atomic E-state index is 0.0812. The van der Waals surface area contributed by atoms with Crippen LogP contribution in [0.1, 0.15) is 13.8 Å². The van der Waals surface area contributed by atoms with Crippen LogP contribution in [0.4, 0.5) is 5.69 Å². The van der Waals surface area contributed by atoms with Gasteiger partial charge in [0.2, 0.25) is 10.0 Å². The van der Waals surface area contributed by atoms with Crippen molar-refractivity contribution in [2.45, 2.75) is 24.8 Å². The molecule has 2 N–H and O–H groups in total. The molecule has 1 fully saturated rings. The molecule has 0 spiro atoms. The van der Waals surface area contributed by atoms with E-state index in [0.29, 0.717) is 11.6 Å². The summed E-state index contributed by atoms with van der Waals surface area (Å²) in [4.78, 5) is 9.06. The summed E-state index contributed by atoms with van der Waals surface area (Å²) in [6.07, 6.45) is 1.59. The van der Waals surface area contributed by atoms with E-state index in [1.54, 1.807) is 12.3 Å². The number of hydrogen-bond donors (Lipinski definition) is 1. The molecule has 23 heavy (non-hydrogen) atoms. The lowest BCUT2D eigenvalue weighted by molar-refractivity contribution is 0.209. The molecule has 124 valence electrons. The number of nitrogens with zero attached hydrogens (tertiary/aromatic N) is 3. The van der Waals surface area contributed by atoms with Gasteiger partial charge in [0.1, 0.15) is 4.90 Å². The largest absolute Gasteiger partial charge is 0.368 e. The molecule has 3 rings (SSSR count). The fraction of sp³-hybridized carbons (Fsp3) is 0.438. The molecular formula is C16H22N4O2S. The molecule has 1 aromatic heterocycles. The molecule has 2 aromatic rings. The van der Waals surface area contributed by atoms with Gasteiger partial charge in [0.25, 0.3) is 0 Å². The maximum atomic E-state index is 11.8. The highest BCUT2D eigenvalue weighted by Gasteiger charge is 2.22. The number of nitrogens with two attached hydrogens (primary N) is 1. The highest BCUT2D eigenvalue weighted by Crippen LogP contribution is 2.30. The molecule has 0 aliphatic carbocycles. The van der Waals surface area contributed by atoms with Crippen molar-refractivity contribution in [1.82, 2.24) is 9.88 Å². The first-order valence-electron chi connectivity index (χ1n) is 7.77. The predicted octanol–water partition coefficient (Wildman–Crippen LogP) is 1.41. The molecule has 6 nitrogen and oxygen atoms in total. The zero-order valence-electron chi connectivity index (χ0n) is 13.4. The average molecular weight is 334 g/mol. The van der Waals surface area contributed by atoms with Crippen molar-refractivity contribution in [3.8, 4) is 0 Å². The molecule has 1 aliphatic rings. The minimum atomic E-state index is -3.79. The van der Waals surface area contributed by atoms with Gasteiger partial charge < -0.3 is 4.90 Å². The smallest absolute Gasteiger partial charge is 0.240 e. The molecule has 1 aliphatic heterocycles. The first-order valence-corrected chi connectivity index (χ1v) is 9.32. The second-order valence-electron chi connectivity index (χ2n) is 6.14. The SMILES string of the molecule is CC(C)N1CCN(c2ccc(S(N)(=O)=O)c3ncccc23)CC1. The normalized spacial score (nSPS) is 17.1. The third kappa shape index (κ3) is 3.17. The summed E-state index contributed by atoms with van der Waals surface area (Å²) >= 11 is 0. The summed E-state index contributed by atoms with van der Waals surface area (Å²) in [5.74, 6) is 0. The lowest BCUT2D eigenvalue weighted by Crippen LogP contribution is -2.49. The molecule has 0 radical (unpaired) electrons. The Morgan fingerprint density at radius 3 is 2.43 bits per heavy atom. The van der Waals surface area contributed by atoms with Crippen LogP contribution in [0.3, 0.4) is 0 Å². The zero-order valence-corrected chi connectivity index (χ0v) is 14.3. The van der Waals surface area contributed by atoms with Gasteiger partial charge >= 0.3 is 0 Å². The summed E-state index contributed by atoms with van der Waals surface area (Å²) in [7, 11) is -3.79. The number of pyridine rings is 1. The predicted molar refractivity (Wildman–Crippen MR) is 92.0 cm³/mol. The molecule has 0 bridgehead atoms. The number of benzene rings is 1. The Bertz CT molecular complexity index is 812. The molecule has 0 unspecified atom stereocenters. The number of sulfonamides is 1. The average Bonchev–Trinajstić information content (AvgIpc) is 2.53. The number of primary sulfonamides is 1. The van der Waals surface area contributed by atoms with Gasteiger partial charge in [-0.1, -0.05) is 0 Å². The highest BCUT2D eigenvalue weighted by molar-refractivity contribution is 7.89. The summed E-state index contributed by atoms with van der Waals surface area (Å²) in [6.45, 7) is 8.23.